The number of aryl methyl sites for hydroxylation is 1. The second-order valence-corrected chi connectivity index (χ2v) is 3.75. The molecule has 0 aliphatic carbocycles. The molecule has 0 saturated carbocycles. The Morgan fingerprint density at radius 3 is 2.82 bits per heavy atom. The number of rotatable bonds is 2. The van der Waals surface area contributed by atoms with E-state index in [1.807, 2.05) is 12.1 Å². The van der Waals surface area contributed by atoms with Crippen LogP contribution in [0.5, 0.6) is 0 Å². The zero-order valence-electron chi connectivity index (χ0n) is 9.42. The molecule has 0 bridgehead atoms. The first-order valence-electron chi connectivity index (χ1n) is 5.23. The monoisotopic (exact) mass is 225 g/mol. The molecule has 1 aromatic carbocycles. The van der Waals surface area contributed by atoms with Crippen molar-refractivity contribution in [2.75, 3.05) is 0 Å². The van der Waals surface area contributed by atoms with E-state index >= 15 is 0 Å². The first kappa shape index (κ1) is 11.1. The lowest BCUT2D eigenvalue weighted by molar-refractivity contribution is 0.719. The maximum absolute atomic E-state index is 11.6. The van der Waals surface area contributed by atoms with Crippen molar-refractivity contribution in [2.24, 2.45) is 0 Å². The molecule has 4 nitrogen and oxygen atoms in total. The zero-order valence-corrected chi connectivity index (χ0v) is 9.42. The van der Waals surface area contributed by atoms with Crippen molar-refractivity contribution in [3.05, 3.63) is 63.8 Å². The summed E-state index contributed by atoms with van der Waals surface area (Å²) in [5.74, 6) is 0. The van der Waals surface area contributed by atoms with E-state index in [4.69, 9.17) is 5.26 Å². The van der Waals surface area contributed by atoms with E-state index in [1.54, 1.807) is 31.3 Å². The molecule has 0 amide bonds. The number of nitrogens with zero attached hydrogens (tertiary/aromatic N) is 3. The highest BCUT2D eigenvalue weighted by molar-refractivity contribution is 5.37. The van der Waals surface area contributed by atoms with Crippen molar-refractivity contribution < 1.29 is 0 Å². The summed E-state index contributed by atoms with van der Waals surface area (Å²) in [6, 6.07) is 11.1. The molecule has 0 aliphatic rings. The summed E-state index contributed by atoms with van der Waals surface area (Å²) in [7, 11) is 0. The summed E-state index contributed by atoms with van der Waals surface area (Å²) in [5.41, 5.74) is 1.81. The van der Waals surface area contributed by atoms with Gasteiger partial charge in [0.2, 0.25) is 0 Å². The average Bonchev–Trinajstić information content (AvgIpc) is 2.33. The van der Waals surface area contributed by atoms with Crippen LogP contribution in [0.1, 0.15) is 16.8 Å². The molecule has 4 heteroatoms. The Bertz CT molecular complexity index is 638. The SMILES string of the molecule is Cc1ccn(Cc2ccccc2C#N)c(=O)n1. The van der Waals surface area contributed by atoms with Gasteiger partial charge < -0.3 is 0 Å². The second kappa shape index (κ2) is 4.62. The van der Waals surface area contributed by atoms with E-state index in [1.165, 1.54) is 4.57 Å². The predicted molar refractivity (Wildman–Crippen MR) is 63.5 cm³/mol. The predicted octanol–water partition coefficient (Wildman–Crippen LogP) is 1.47. The highest BCUT2D eigenvalue weighted by atomic mass is 16.1. The largest absolute Gasteiger partial charge is 0.348 e. The second-order valence-electron chi connectivity index (χ2n) is 3.75. The molecule has 0 saturated heterocycles. The van der Waals surface area contributed by atoms with Gasteiger partial charge in [-0.2, -0.15) is 10.2 Å². The van der Waals surface area contributed by atoms with E-state index in [0.717, 1.165) is 5.56 Å². The topological polar surface area (TPSA) is 58.7 Å². The summed E-state index contributed by atoms with van der Waals surface area (Å²) in [4.78, 5) is 15.5. The van der Waals surface area contributed by atoms with E-state index in [2.05, 4.69) is 11.1 Å². The Balaban J connectivity index is 2.39. The van der Waals surface area contributed by atoms with Gasteiger partial charge in [0.25, 0.3) is 0 Å². The Hall–Kier alpha value is -2.41. The molecule has 84 valence electrons. The van der Waals surface area contributed by atoms with Crippen LogP contribution >= 0.6 is 0 Å². The van der Waals surface area contributed by atoms with Gasteiger partial charge in [0, 0.05) is 11.9 Å². The fraction of sp³-hybridized carbons (Fsp3) is 0.154. The van der Waals surface area contributed by atoms with Gasteiger partial charge >= 0.3 is 5.69 Å². The average molecular weight is 225 g/mol. The van der Waals surface area contributed by atoms with E-state index in [0.29, 0.717) is 17.8 Å². The number of hydrogen-bond acceptors (Lipinski definition) is 3. The molecule has 0 spiro atoms. The molecule has 0 N–H and O–H groups in total. The number of benzene rings is 1. The van der Waals surface area contributed by atoms with Crippen LogP contribution in [0.3, 0.4) is 0 Å². The molecule has 1 aromatic heterocycles. The molecule has 0 radical (unpaired) electrons. The molecule has 2 rings (SSSR count). The van der Waals surface area contributed by atoms with Gasteiger partial charge in [-0.05, 0) is 24.6 Å². The molecule has 0 atom stereocenters. The maximum Gasteiger partial charge on any atom is 0.348 e. The lowest BCUT2D eigenvalue weighted by Crippen LogP contribution is -2.23. The first-order chi connectivity index (χ1) is 8.20. The number of aromatic nitrogens is 2. The third kappa shape index (κ3) is 2.40. The number of hydrogen-bond donors (Lipinski definition) is 0. The standard InChI is InChI=1S/C13H11N3O/c1-10-6-7-16(13(17)15-10)9-12-5-3-2-4-11(12)8-14/h2-7H,9H2,1H3. The van der Waals surface area contributed by atoms with Crippen LogP contribution in [0.25, 0.3) is 0 Å². The van der Waals surface area contributed by atoms with Gasteiger partial charge in [-0.1, -0.05) is 18.2 Å². The molecule has 0 fully saturated rings. The molecule has 0 unspecified atom stereocenters. The highest BCUT2D eigenvalue weighted by Crippen LogP contribution is 2.08. The molecule has 0 aliphatic heterocycles. The minimum Gasteiger partial charge on any atom is -0.295 e. The molecule has 17 heavy (non-hydrogen) atoms. The summed E-state index contributed by atoms with van der Waals surface area (Å²) in [5, 5.41) is 8.96. The van der Waals surface area contributed by atoms with Crippen LogP contribution in [0.4, 0.5) is 0 Å². The van der Waals surface area contributed by atoms with Gasteiger partial charge in [0.05, 0.1) is 18.2 Å². The Morgan fingerprint density at radius 1 is 1.35 bits per heavy atom. The quantitative estimate of drug-likeness (QED) is 0.777. The normalized spacial score (nSPS) is 9.88. The Kier molecular flexibility index (Phi) is 3.01. The van der Waals surface area contributed by atoms with E-state index in [9.17, 15) is 4.79 Å². The Labute approximate surface area is 98.8 Å². The van der Waals surface area contributed by atoms with Gasteiger partial charge in [0.1, 0.15) is 0 Å². The van der Waals surface area contributed by atoms with Gasteiger partial charge in [-0.25, -0.2) is 4.79 Å². The maximum atomic E-state index is 11.6. The van der Waals surface area contributed by atoms with Crippen LogP contribution in [0.2, 0.25) is 0 Å². The van der Waals surface area contributed by atoms with E-state index in [-0.39, 0.29) is 5.69 Å². The third-order valence-corrected chi connectivity index (χ3v) is 2.49. The van der Waals surface area contributed by atoms with Crippen molar-refractivity contribution in [3.63, 3.8) is 0 Å². The minimum absolute atomic E-state index is 0.294. The summed E-state index contributed by atoms with van der Waals surface area (Å²) in [6.45, 7) is 2.14. The van der Waals surface area contributed by atoms with Crippen molar-refractivity contribution in [2.45, 2.75) is 13.5 Å². The van der Waals surface area contributed by atoms with Crippen molar-refractivity contribution in [1.29, 1.82) is 5.26 Å². The smallest absolute Gasteiger partial charge is 0.295 e. The van der Waals surface area contributed by atoms with Crippen molar-refractivity contribution in [3.8, 4) is 6.07 Å². The van der Waals surface area contributed by atoms with Crippen molar-refractivity contribution >= 4 is 0 Å². The van der Waals surface area contributed by atoms with Crippen LogP contribution in [-0.2, 0) is 6.54 Å². The zero-order chi connectivity index (χ0) is 12.3. The van der Waals surface area contributed by atoms with Gasteiger partial charge in [-0.3, -0.25) is 4.57 Å². The van der Waals surface area contributed by atoms with E-state index < -0.39 is 0 Å². The first-order valence-corrected chi connectivity index (χ1v) is 5.23. The lowest BCUT2D eigenvalue weighted by atomic mass is 10.1. The molecule has 2 aromatic rings. The van der Waals surface area contributed by atoms with Gasteiger partial charge in [0.15, 0.2) is 0 Å². The summed E-state index contributed by atoms with van der Waals surface area (Å²) >= 11 is 0. The number of nitriles is 1. The highest BCUT2D eigenvalue weighted by Gasteiger charge is 2.03. The van der Waals surface area contributed by atoms with Gasteiger partial charge in [-0.15, -0.1) is 0 Å². The summed E-state index contributed by atoms with van der Waals surface area (Å²) < 4.78 is 1.49. The summed E-state index contributed by atoms with van der Waals surface area (Å²) in [6.07, 6.45) is 1.69. The Morgan fingerprint density at radius 2 is 2.12 bits per heavy atom. The minimum atomic E-state index is -0.294. The van der Waals surface area contributed by atoms with Crippen molar-refractivity contribution in [1.82, 2.24) is 9.55 Å². The fourth-order valence-corrected chi connectivity index (χ4v) is 1.59. The van der Waals surface area contributed by atoms with Crippen LogP contribution in [-0.4, -0.2) is 9.55 Å². The van der Waals surface area contributed by atoms with Crippen LogP contribution < -0.4 is 5.69 Å². The molecule has 1 heterocycles. The third-order valence-electron chi connectivity index (χ3n) is 2.49. The molecular formula is C13H11N3O. The lowest BCUT2D eigenvalue weighted by Gasteiger charge is -2.06. The van der Waals surface area contributed by atoms with Crippen LogP contribution in [0.15, 0.2) is 41.3 Å². The fourth-order valence-electron chi connectivity index (χ4n) is 1.59. The molecular weight excluding hydrogens is 214 g/mol. The van der Waals surface area contributed by atoms with Crippen LogP contribution in [0, 0.1) is 18.3 Å².